The first-order valence-electron chi connectivity index (χ1n) is 5.98. The molecule has 0 rings (SSSR count). The van der Waals surface area contributed by atoms with Crippen molar-refractivity contribution in [1.82, 2.24) is 9.44 Å². The quantitative estimate of drug-likeness (QED) is 0.430. The molecular formula is C10H20N2O6S. The summed E-state index contributed by atoms with van der Waals surface area (Å²) in [6.45, 7) is 5.11. The van der Waals surface area contributed by atoms with E-state index in [-0.39, 0.29) is 19.8 Å². The molecule has 0 aromatic rings. The van der Waals surface area contributed by atoms with Crippen molar-refractivity contribution in [3.63, 3.8) is 0 Å². The predicted octanol–water partition coefficient (Wildman–Crippen LogP) is -0.685. The van der Waals surface area contributed by atoms with Crippen molar-refractivity contribution in [2.24, 2.45) is 0 Å². The van der Waals surface area contributed by atoms with Crippen LogP contribution in [-0.2, 0) is 29.3 Å². The Kier molecular flexibility index (Phi) is 8.28. The molecule has 0 unspecified atom stereocenters. The third kappa shape index (κ3) is 7.09. The van der Waals surface area contributed by atoms with Crippen molar-refractivity contribution in [2.45, 2.75) is 33.2 Å². The van der Waals surface area contributed by atoms with E-state index >= 15 is 0 Å². The summed E-state index contributed by atoms with van der Waals surface area (Å²) >= 11 is 0. The Morgan fingerprint density at radius 2 is 1.53 bits per heavy atom. The average Bonchev–Trinajstić information content (AvgIpc) is 2.34. The number of ether oxygens (including phenoxy) is 2. The molecule has 0 bridgehead atoms. The highest BCUT2D eigenvalue weighted by molar-refractivity contribution is 7.87. The Morgan fingerprint density at radius 1 is 1.05 bits per heavy atom. The Bertz CT molecular complexity index is 377. The van der Waals surface area contributed by atoms with Gasteiger partial charge >= 0.3 is 11.9 Å². The van der Waals surface area contributed by atoms with Crippen molar-refractivity contribution in [2.75, 3.05) is 19.8 Å². The Balaban J connectivity index is 4.84. The number of esters is 2. The van der Waals surface area contributed by atoms with Gasteiger partial charge in [-0.2, -0.15) is 13.1 Å². The SMILES string of the molecule is CCCNS(=O)(=O)NC(C(=O)OCC)C(=O)OCC. The fourth-order valence-electron chi connectivity index (χ4n) is 1.08. The van der Waals surface area contributed by atoms with Crippen LogP contribution in [-0.4, -0.2) is 46.2 Å². The van der Waals surface area contributed by atoms with Crippen LogP contribution in [0.4, 0.5) is 0 Å². The lowest BCUT2D eigenvalue weighted by atomic mass is 10.3. The maximum absolute atomic E-state index is 11.6. The normalized spacial score (nSPS) is 11.4. The van der Waals surface area contributed by atoms with E-state index in [1.807, 2.05) is 4.72 Å². The van der Waals surface area contributed by atoms with E-state index in [1.54, 1.807) is 20.8 Å². The van der Waals surface area contributed by atoms with Crippen LogP contribution in [0.2, 0.25) is 0 Å². The highest BCUT2D eigenvalue weighted by Crippen LogP contribution is 1.97. The van der Waals surface area contributed by atoms with Crippen LogP contribution in [0.5, 0.6) is 0 Å². The zero-order valence-corrected chi connectivity index (χ0v) is 12.1. The van der Waals surface area contributed by atoms with Gasteiger partial charge in [-0.1, -0.05) is 6.92 Å². The highest BCUT2D eigenvalue weighted by atomic mass is 32.2. The van der Waals surface area contributed by atoms with E-state index in [9.17, 15) is 18.0 Å². The second kappa shape index (κ2) is 8.83. The molecule has 9 heteroatoms. The molecule has 0 aliphatic heterocycles. The number of carbonyl (C=O) groups is 2. The Labute approximate surface area is 113 Å². The third-order valence-corrected chi connectivity index (χ3v) is 2.99. The van der Waals surface area contributed by atoms with E-state index in [2.05, 4.69) is 14.2 Å². The van der Waals surface area contributed by atoms with E-state index in [1.165, 1.54) is 0 Å². The van der Waals surface area contributed by atoms with Gasteiger partial charge < -0.3 is 9.47 Å². The number of carbonyl (C=O) groups excluding carboxylic acids is 2. The van der Waals surface area contributed by atoms with E-state index < -0.39 is 28.2 Å². The minimum Gasteiger partial charge on any atom is -0.464 e. The fourth-order valence-corrected chi connectivity index (χ4v) is 2.14. The van der Waals surface area contributed by atoms with Crippen LogP contribution in [0.15, 0.2) is 0 Å². The molecule has 0 fully saturated rings. The molecule has 0 atom stereocenters. The standard InChI is InChI=1S/C10H20N2O6S/c1-4-7-11-19(15,16)12-8(9(13)17-5-2)10(14)18-6-3/h8,11-12H,4-7H2,1-3H3. The van der Waals surface area contributed by atoms with Crippen molar-refractivity contribution in [3.05, 3.63) is 0 Å². The monoisotopic (exact) mass is 296 g/mol. The number of hydrogen-bond acceptors (Lipinski definition) is 6. The molecule has 0 radical (unpaired) electrons. The van der Waals surface area contributed by atoms with Crippen molar-refractivity contribution in [3.8, 4) is 0 Å². The minimum atomic E-state index is -3.97. The van der Waals surface area contributed by atoms with Crippen molar-refractivity contribution < 1.29 is 27.5 Å². The predicted molar refractivity (Wildman–Crippen MR) is 67.4 cm³/mol. The second-order valence-electron chi connectivity index (χ2n) is 3.45. The molecule has 0 saturated heterocycles. The first kappa shape index (κ1) is 17.8. The maximum atomic E-state index is 11.6. The van der Waals surface area contributed by atoms with Gasteiger partial charge in [-0.3, -0.25) is 0 Å². The second-order valence-corrected chi connectivity index (χ2v) is 4.98. The van der Waals surface area contributed by atoms with Crippen LogP contribution in [0.25, 0.3) is 0 Å². The van der Waals surface area contributed by atoms with Crippen molar-refractivity contribution >= 4 is 22.1 Å². The average molecular weight is 296 g/mol. The summed E-state index contributed by atoms with van der Waals surface area (Å²) < 4.78 is 36.5. The van der Waals surface area contributed by atoms with Gasteiger partial charge in [0.2, 0.25) is 6.04 Å². The summed E-state index contributed by atoms with van der Waals surface area (Å²) in [7, 11) is -3.97. The molecule has 0 amide bonds. The first-order valence-corrected chi connectivity index (χ1v) is 7.46. The summed E-state index contributed by atoms with van der Waals surface area (Å²) in [6, 6.07) is -1.70. The van der Waals surface area contributed by atoms with Crippen LogP contribution in [0, 0.1) is 0 Å². The first-order chi connectivity index (χ1) is 8.87. The maximum Gasteiger partial charge on any atom is 0.335 e. The third-order valence-electron chi connectivity index (χ3n) is 1.86. The summed E-state index contributed by atoms with van der Waals surface area (Å²) in [5, 5.41) is 0. The van der Waals surface area contributed by atoms with Gasteiger partial charge in [0.05, 0.1) is 13.2 Å². The lowest BCUT2D eigenvalue weighted by molar-refractivity contribution is -0.157. The topological polar surface area (TPSA) is 111 Å². The van der Waals surface area contributed by atoms with Gasteiger partial charge in [-0.15, -0.1) is 0 Å². The molecule has 0 aliphatic rings. The smallest absolute Gasteiger partial charge is 0.335 e. The molecule has 2 N–H and O–H groups in total. The lowest BCUT2D eigenvalue weighted by Gasteiger charge is -2.16. The van der Waals surface area contributed by atoms with Crippen LogP contribution >= 0.6 is 0 Å². The van der Waals surface area contributed by atoms with Gasteiger partial charge in [0.1, 0.15) is 0 Å². The van der Waals surface area contributed by atoms with E-state index in [0.29, 0.717) is 6.42 Å². The summed E-state index contributed by atoms with van der Waals surface area (Å²) in [5.74, 6) is -1.99. The molecule has 0 spiro atoms. The van der Waals surface area contributed by atoms with Crippen LogP contribution in [0.3, 0.4) is 0 Å². The zero-order valence-electron chi connectivity index (χ0n) is 11.3. The minimum absolute atomic E-state index is 0.0266. The summed E-state index contributed by atoms with van der Waals surface area (Å²) in [4.78, 5) is 23.1. The summed E-state index contributed by atoms with van der Waals surface area (Å²) in [6.07, 6.45) is 0.574. The van der Waals surface area contributed by atoms with Crippen molar-refractivity contribution in [1.29, 1.82) is 0 Å². The molecule has 0 heterocycles. The Morgan fingerprint density at radius 3 is 1.89 bits per heavy atom. The van der Waals surface area contributed by atoms with Gasteiger partial charge in [-0.05, 0) is 20.3 Å². The molecule has 8 nitrogen and oxygen atoms in total. The molecule has 0 aromatic carbocycles. The fraction of sp³-hybridized carbons (Fsp3) is 0.800. The molecule has 0 aliphatic carbocycles. The largest absolute Gasteiger partial charge is 0.464 e. The van der Waals surface area contributed by atoms with Gasteiger partial charge in [0.25, 0.3) is 10.2 Å². The molecule has 112 valence electrons. The Hall–Kier alpha value is -1.19. The molecular weight excluding hydrogens is 276 g/mol. The molecule has 0 saturated carbocycles. The van der Waals surface area contributed by atoms with Gasteiger partial charge in [0, 0.05) is 6.54 Å². The van der Waals surface area contributed by atoms with E-state index in [0.717, 1.165) is 0 Å². The number of nitrogens with one attached hydrogen (secondary N) is 2. The molecule has 19 heavy (non-hydrogen) atoms. The van der Waals surface area contributed by atoms with Crippen LogP contribution < -0.4 is 9.44 Å². The van der Waals surface area contributed by atoms with E-state index in [4.69, 9.17) is 0 Å². The van der Waals surface area contributed by atoms with Gasteiger partial charge in [-0.25, -0.2) is 14.3 Å². The lowest BCUT2D eigenvalue weighted by Crippen LogP contribution is -2.51. The number of rotatable bonds is 9. The number of hydrogen-bond donors (Lipinski definition) is 2. The van der Waals surface area contributed by atoms with Crippen LogP contribution in [0.1, 0.15) is 27.2 Å². The summed E-state index contributed by atoms with van der Waals surface area (Å²) in [5.41, 5.74) is 0. The van der Waals surface area contributed by atoms with Gasteiger partial charge in [0.15, 0.2) is 0 Å². The zero-order chi connectivity index (χ0) is 14.9. The highest BCUT2D eigenvalue weighted by Gasteiger charge is 2.33. The molecule has 0 aromatic heterocycles.